The molecule has 4 aliphatic heterocycles. The van der Waals surface area contributed by atoms with Crippen LogP contribution in [0.25, 0.3) is 0 Å². The summed E-state index contributed by atoms with van der Waals surface area (Å²) in [6, 6.07) is -0.101. The maximum absolute atomic E-state index is 13.6. The summed E-state index contributed by atoms with van der Waals surface area (Å²) < 4.78 is 0. The minimum Gasteiger partial charge on any atom is -0.346 e. The van der Waals surface area contributed by atoms with E-state index in [1.165, 1.54) is 0 Å². The zero-order valence-corrected chi connectivity index (χ0v) is 17.9. The zero-order valence-electron chi connectivity index (χ0n) is 16.2. The van der Waals surface area contributed by atoms with Gasteiger partial charge in [-0.1, -0.05) is 11.3 Å². The number of piperidine rings is 3. The minimum atomic E-state index is -0.297. The lowest BCUT2D eigenvalue weighted by molar-refractivity contribution is -0.161. The predicted molar refractivity (Wildman–Crippen MR) is 111 cm³/mol. The molecule has 0 aromatic carbocycles. The molecule has 7 nitrogen and oxygen atoms in total. The number of hydrogen-bond donors (Lipinski definition) is 0. The van der Waals surface area contributed by atoms with Crippen molar-refractivity contribution in [3.8, 4) is 0 Å². The summed E-state index contributed by atoms with van der Waals surface area (Å²) in [4.78, 5) is 32.9. The van der Waals surface area contributed by atoms with E-state index in [4.69, 9.17) is 0 Å². The summed E-state index contributed by atoms with van der Waals surface area (Å²) in [5.41, 5.74) is 0. The summed E-state index contributed by atoms with van der Waals surface area (Å²) in [7, 11) is 0. The van der Waals surface area contributed by atoms with Crippen molar-refractivity contribution in [2.45, 2.75) is 44.7 Å². The number of fused-ring (bicyclic) bond motifs is 4. The topological polar surface area (TPSA) is 69.6 Å². The number of rotatable bonds is 2. The van der Waals surface area contributed by atoms with Crippen LogP contribution in [0.2, 0.25) is 0 Å². The summed E-state index contributed by atoms with van der Waals surface area (Å²) in [5.74, 6) is 2.98. The number of carbonyl (C=O) groups excluding carboxylic acids is 2. The molecule has 1 aromatic rings. The van der Waals surface area contributed by atoms with E-state index in [0.717, 1.165) is 67.1 Å². The van der Waals surface area contributed by atoms with Crippen molar-refractivity contribution >= 4 is 40.0 Å². The Hall–Kier alpha value is -1.35. The molecule has 0 unspecified atom stereocenters. The quantitative estimate of drug-likeness (QED) is 0.723. The third-order valence-corrected chi connectivity index (χ3v) is 8.55. The lowest BCUT2D eigenvalue weighted by atomic mass is 9.71. The van der Waals surface area contributed by atoms with E-state index in [1.54, 1.807) is 11.3 Å². The van der Waals surface area contributed by atoms with Gasteiger partial charge in [-0.25, -0.2) is 0 Å². The Balaban J connectivity index is 1.46. The van der Waals surface area contributed by atoms with Gasteiger partial charge in [0, 0.05) is 56.1 Å². The Bertz CT molecular complexity index is 765. The molecule has 1 aromatic heterocycles. The third kappa shape index (κ3) is 3.20. The first-order valence-corrected chi connectivity index (χ1v) is 12.3. The van der Waals surface area contributed by atoms with E-state index < -0.39 is 0 Å². The molecule has 0 saturated carbocycles. The molecule has 0 radical (unpaired) electrons. The first-order chi connectivity index (χ1) is 13.6. The molecule has 2 amide bonds. The highest BCUT2D eigenvalue weighted by atomic mass is 32.2. The number of carbonyl (C=O) groups is 2. The average molecular weight is 422 g/mol. The third-order valence-electron chi connectivity index (χ3n) is 6.70. The van der Waals surface area contributed by atoms with E-state index in [-0.39, 0.29) is 29.8 Å². The van der Waals surface area contributed by atoms with Gasteiger partial charge in [0.1, 0.15) is 11.0 Å². The Morgan fingerprint density at radius 3 is 2.68 bits per heavy atom. The highest BCUT2D eigenvalue weighted by Gasteiger charge is 2.53. The van der Waals surface area contributed by atoms with Crippen molar-refractivity contribution in [1.82, 2.24) is 20.0 Å². The summed E-state index contributed by atoms with van der Waals surface area (Å²) in [5, 5.41) is 10.5. The second-order valence-electron chi connectivity index (χ2n) is 8.41. The van der Waals surface area contributed by atoms with E-state index in [9.17, 15) is 9.59 Å². The Kier molecular flexibility index (Phi) is 4.99. The smallest absolute Gasteiger partial charge is 0.245 e. The van der Waals surface area contributed by atoms with Crippen molar-refractivity contribution < 1.29 is 9.59 Å². The Labute approximate surface area is 173 Å². The molecule has 9 heteroatoms. The van der Waals surface area contributed by atoms with Crippen molar-refractivity contribution in [1.29, 1.82) is 0 Å². The summed E-state index contributed by atoms with van der Waals surface area (Å²) in [6.45, 7) is 5.31. The standard InChI is InChI=1S/C19H27N5O2S2/c1-12-20-21-19(28-12)23-10-13-9-14(11-23)17(18(26)22-5-7-27-8-6-22)24-15(13)3-2-4-16(24)25/h13-15,17H,2-11H2,1H3/t13-,14+,15+,17-/m1/s1. The molecule has 0 aliphatic carbocycles. The summed E-state index contributed by atoms with van der Waals surface area (Å²) >= 11 is 3.53. The Morgan fingerprint density at radius 2 is 1.93 bits per heavy atom. The van der Waals surface area contributed by atoms with Crippen molar-refractivity contribution in [2.24, 2.45) is 11.8 Å². The van der Waals surface area contributed by atoms with Crippen LogP contribution in [0.5, 0.6) is 0 Å². The number of amides is 2. The Morgan fingerprint density at radius 1 is 1.14 bits per heavy atom. The SMILES string of the molecule is Cc1nnc(N2C[C@H]3C[C@@H](C2)[C@H](C(=O)N2CCSCC2)N2C(=O)CCC[C@@H]32)s1. The van der Waals surface area contributed by atoms with Crippen molar-refractivity contribution in [3.63, 3.8) is 0 Å². The fourth-order valence-corrected chi connectivity index (χ4v) is 7.12. The van der Waals surface area contributed by atoms with Gasteiger partial charge in [0.25, 0.3) is 0 Å². The molecular weight excluding hydrogens is 394 g/mol. The molecule has 28 heavy (non-hydrogen) atoms. The number of thioether (sulfide) groups is 1. The lowest BCUT2D eigenvalue weighted by Crippen LogP contribution is -2.69. The van der Waals surface area contributed by atoms with Crippen LogP contribution < -0.4 is 4.90 Å². The molecule has 5 heterocycles. The zero-order chi connectivity index (χ0) is 19.3. The molecule has 5 rings (SSSR count). The maximum atomic E-state index is 13.6. The fraction of sp³-hybridized carbons (Fsp3) is 0.789. The second kappa shape index (κ2) is 7.48. The number of hydrogen-bond acceptors (Lipinski definition) is 7. The summed E-state index contributed by atoms with van der Waals surface area (Å²) in [6.07, 6.45) is 3.60. The van der Waals surface area contributed by atoms with Gasteiger partial charge in [-0.2, -0.15) is 11.8 Å². The van der Waals surface area contributed by atoms with Crippen LogP contribution in [-0.2, 0) is 9.59 Å². The van der Waals surface area contributed by atoms with Gasteiger partial charge >= 0.3 is 0 Å². The van der Waals surface area contributed by atoms with Crippen molar-refractivity contribution in [2.75, 3.05) is 42.6 Å². The van der Waals surface area contributed by atoms with Crippen LogP contribution in [0.1, 0.15) is 30.7 Å². The van der Waals surface area contributed by atoms with E-state index in [0.29, 0.717) is 12.3 Å². The molecule has 2 bridgehead atoms. The van der Waals surface area contributed by atoms with Gasteiger partial charge in [-0.3, -0.25) is 9.59 Å². The lowest BCUT2D eigenvalue weighted by Gasteiger charge is -2.56. The molecular formula is C19H27N5O2S2. The molecule has 4 atom stereocenters. The highest BCUT2D eigenvalue weighted by Crippen LogP contribution is 2.43. The second-order valence-corrected chi connectivity index (χ2v) is 10.8. The fourth-order valence-electron chi connectivity index (χ4n) is 5.51. The van der Waals surface area contributed by atoms with Gasteiger partial charge in [0.15, 0.2) is 0 Å². The van der Waals surface area contributed by atoms with Gasteiger partial charge in [-0.05, 0) is 32.1 Å². The van der Waals surface area contributed by atoms with Crippen LogP contribution >= 0.6 is 23.1 Å². The largest absolute Gasteiger partial charge is 0.346 e. The monoisotopic (exact) mass is 421 g/mol. The first-order valence-electron chi connectivity index (χ1n) is 10.3. The van der Waals surface area contributed by atoms with Crippen LogP contribution in [0, 0.1) is 18.8 Å². The van der Waals surface area contributed by atoms with E-state index >= 15 is 0 Å². The normalized spacial score (nSPS) is 33.0. The number of aromatic nitrogens is 2. The van der Waals surface area contributed by atoms with Crippen LogP contribution in [0.3, 0.4) is 0 Å². The molecule has 0 spiro atoms. The number of aryl methyl sites for hydroxylation is 1. The number of nitrogens with zero attached hydrogens (tertiary/aromatic N) is 5. The highest BCUT2D eigenvalue weighted by molar-refractivity contribution is 7.99. The van der Waals surface area contributed by atoms with Crippen LogP contribution in [0.4, 0.5) is 5.13 Å². The minimum absolute atomic E-state index is 0.180. The maximum Gasteiger partial charge on any atom is 0.245 e. The molecule has 152 valence electrons. The molecule has 4 aliphatic rings. The van der Waals surface area contributed by atoms with Crippen LogP contribution in [-0.4, -0.2) is 81.6 Å². The van der Waals surface area contributed by atoms with Gasteiger partial charge in [0.2, 0.25) is 16.9 Å². The van der Waals surface area contributed by atoms with Gasteiger partial charge in [0.05, 0.1) is 0 Å². The van der Waals surface area contributed by atoms with E-state index in [2.05, 4.69) is 15.1 Å². The van der Waals surface area contributed by atoms with Gasteiger partial charge < -0.3 is 14.7 Å². The van der Waals surface area contributed by atoms with Crippen molar-refractivity contribution in [3.05, 3.63) is 5.01 Å². The molecule has 4 saturated heterocycles. The predicted octanol–water partition coefficient (Wildman–Crippen LogP) is 1.63. The molecule has 0 N–H and O–H groups in total. The number of anilines is 1. The average Bonchev–Trinajstić information content (AvgIpc) is 3.15. The van der Waals surface area contributed by atoms with E-state index in [1.807, 2.05) is 28.5 Å². The molecule has 4 fully saturated rings. The van der Waals surface area contributed by atoms with Crippen LogP contribution in [0.15, 0.2) is 0 Å². The van der Waals surface area contributed by atoms with Gasteiger partial charge in [-0.15, -0.1) is 10.2 Å². The first kappa shape index (κ1) is 18.7.